The molecule has 168 valence electrons. The van der Waals surface area contributed by atoms with Crippen LogP contribution in [0.1, 0.15) is 79.1 Å². The molecule has 28 heavy (non-hydrogen) atoms. The lowest BCUT2D eigenvalue weighted by Crippen LogP contribution is -2.61. The Kier molecular flexibility index (Phi) is 15.2. The molecular weight excluding hydrogens is 360 g/mol. The summed E-state index contributed by atoms with van der Waals surface area (Å²) in [5.41, 5.74) is 0. The van der Waals surface area contributed by atoms with E-state index in [0.717, 1.165) is 51.4 Å². The zero-order valence-corrected chi connectivity index (χ0v) is 18.6. The molecule has 6 heteroatoms. The molecule has 0 bridgehead atoms. The number of unbranched alkanes of at least 4 members (excludes halogenated alkanes) is 4. The van der Waals surface area contributed by atoms with Gasteiger partial charge in [-0.15, -0.1) is 0 Å². The van der Waals surface area contributed by atoms with E-state index in [1.165, 1.54) is 0 Å². The van der Waals surface area contributed by atoms with Gasteiger partial charge in [-0.2, -0.15) is 0 Å². The van der Waals surface area contributed by atoms with Gasteiger partial charge >= 0.3 is 0 Å². The molecule has 1 saturated heterocycles. The van der Waals surface area contributed by atoms with Crippen molar-refractivity contribution in [3.8, 4) is 0 Å². The van der Waals surface area contributed by atoms with Crippen LogP contribution in [0.4, 0.5) is 0 Å². The molecule has 0 aromatic rings. The minimum Gasteiger partial charge on any atom is -0.379 e. The Labute approximate surface area is 172 Å². The lowest BCUT2D eigenvalue weighted by atomic mass is 9.98. The number of hydrogen-bond acceptors (Lipinski definition) is 6. The third-order valence-corrected chi connectivity index (χ3v) is 4.96. The molecule has 1 aliphatic heterocycles. The van der Waals surface area contributed by atoms with Gasteiger partial charge in [-0.25, -0.2) is 0 Å². The van der Waals surface area contributed by atoms with Gasteiger partial charge in [-0.3, -0.25) is 0 Å². The van der Waals surface area contributed by atoms with E-state index < -0.39 is 12.4 Å². The first-order valence-corrected chi connectivity index (χ1v) is 11.5. The molecule has 1 fully saturated rings. The van der Waals surface area contributed by atoms with E-state index in [1.54, 1.807) is 0 Å². The molecule has 0 amide bonds. The summed E-state index contributed by atoms with van der Waals surface area (Å²) >= 11 is 0. The van der Waals surface area contributed by atoms with Gasteiger partial charge in [0.15, 0.2) is 6.29 Å². The largest absolute Gasteiger partial charge is 0.379 e. The summed E-state index contributed by atoms with van der Waals surface area (Å²) in [7, 11) is 0. The number of rotatable bonds is 17. The normalized spacial score (nSPS) is 28.0. The maximum Gasteiger partial charge on any atom is 0.184 e. The second kappa shape index (κ2) is 16.5. The molecule has 0 spiro atoms. The van der Waals surface area contributed by atoms with Crippen LogP contribution in [-0.2, 0) is 23.7 Å². The van der Waals surface area contributed by atoms with E-state index in [0.29, 0.717) is 33.0 Å². The highest BCUT2D eigenvalue weighted by Crippen LogP contribution is 2.28. The highest BCUT2D eigenvalue weighted by Gasteiger charge is 2.47. The van der Waals surface area contributed by atoms with E-state index in [-0.39, 0.29) is 18.3 Å². The Bertz CT molecular complexity index is 354. The van der Waals surface area contributed by atoms with E-state index in [2.05, 4.69) is 27.7 Å². The van der Waals surface area contributed by atoms with Crippen LogP contribution in [0.5, 0.6) is 0 Å². The van der Waals surface area contributed by atoms with Crippen LogP contribution in [0.15, 0.2) is 0 Å². The summed E-state index contributed by atoms with van der Waals surface area (Å²) in [5, 5.41) is 10.6. The molecule has 1 aliphatic rings. The smallest absolute Gasteiger partial charge is 0.184 e. The Balaban J connectivity index is 2.84. The van der Waals surface area contributed by atoms with E-state index in [9.17, 15) is 5.11 Å². The summed E-state index contributed by atoms with van der Waals surface area (Å²) < 4.78 is 30.1. The van der Waals surface area contributed by atoms with Crippen molar-refractivity contribution in [2.45, 2.75) is 110 Å². The van der Waals surface area contributed by atoms with Crippen molar-refractivity contribution < 1.29 is 28.8 Å². The Hall–Kier alpha value is -0.240. The average Bonchev–Trinajstić information content (AvgIpc) is 2.69. The maximum absolute atomic E-state index is 10.6. The van der Waals surface area contributed by atoms with Gasteiger partial charge in [0, 0.05) is 26.4 Å². The summed E-state index contributed by atoms with van der Waals surface area (Å²) in [4.78, 5) is 0. The monoisotopic (exact) mass is 404 g/mol. The van der Waals surface area contributed by atoms with Crippen LogP contribution in [-0.4, -0.2) is 68.8 Å². The van der Waals surface area contributed by atoms with Gasteiger partial charge in [-0.05, 0) is 25.7 Å². The van der Waals surface area contributed by atoms with Crippen LogP contribution >= 0.6 is 0 Å². The van der Waals surface area contributed by atoms with Crippen molar-refractivity contribution in [1.29, 1.82) is 0 Å². The molecule has 0 aromatic carbocycles. The Morgan fingerprint density at radius 1 is 0.643 bits per heavy atom. The van der Waals surface area contributed by atoms with Gasteiger partial charge in [0.05, 0.1) is 6.61 Å². The van der Waals surface area contributed by atoms with Crippen molar-refractivity contribution in [2.24, 2.45) is 0 Å². The molecule has 1 rings (SSSR count). The third kappa shape index (κ3) is 9.51. The molecule has 0 radical (unpaired) electrons. The lowest BCUT2D eigenvalue weighted by Gasteiger charge is -2.44. The van der Waals surface area contributed by atoms with Crippen LogP contribution in [0.25, 0.3) is 0 Å². The first kappa shape index (κ1) is 25.8. The van der Waals surface area contributed by atoms with Gasteiger partial charge in [0.1, 0.15) is 24.4 Å². The molecule has 1 unspecified atom stereocenters. The van der Waals surface area contributed by atoms with Crippen molar-refractivity contribution in [3.63, 3.8) is 0 Å². The van der Waals surface area contributed by atoms with Crippen LogP contribution < -0.4 is 0 Å². The molecule has 0 saturated carbocycles. The quantitative estimate of drug-likeness (QED) is 0.369. The Morgan fingerprint density at radius 2 is 1.11 bits per heavy atom. The molecule has 5 atom stereocenters. The minimum absolute atomic E-state index is 0.306. The first-order chi connectivity index (χ1) is 13.7. The van der Waals surface area contributed by atoms with E-state index >= 15 is 0 Å². The molecule has 0 aliphatic carbocycles. The first-order valence-electron chi connectivity index (χ1n) is 11.5. The van der Waals surface area contributed by atoms with Crippen molar-refractivity contribution in [3.05, 3.63) is 0 Å². The minimum atomic E-state index is -1.03. The summed E-state index contributed by atoms with van der Waals surface area (Å²) in [6, 6.07) is 0. The van der Waals surface area contributed by atoms with E-state index in [1.807, 2.05) is 0 Å². The third-order valence-electron chi connectivity index (χ3n) is 4.96. The van der Waals surface area contributed by atoms with Gasteiger partial charge < -0.3 is 28.8 Å². The SMILES string of the molecule is CCCCOC[C@H]1OC(O)[C@H](OCCCC)[C@H](OCCCC)[C@@H]1OCCCC. The van der Waals surface area contributed by atoms with Crippen molar-refractivity contribution in [2.75, 3.05) is 33.0 Å². The highest BCUT2D eigenvalue weighted by molar-refractivity contribution is 4.92. The number of aliphatic hydroxyl groups excluding tert-OH is 1. The second-order valence-corrected chi connectivity index (χ2v) is 7.56. The molecule has 6 nitrogen and oxygen atoms in total. The van der Waals surface area contributed by atoms with Crippen molar-refractivity contribution in [1.82, 2.24) is 0 Å². The summed E-state index contributed by atoms with van der Waals surface area (Å²) in [6.45, 7) is 11.5. The van der Waals surface area contributed by atoms with Crippen LogP contribution in [0.2, 0.25) is 0 Å². The highest BCUT2D eigenvalue weighted by atomic mass is 16.7. The predicted molar refractivity (Wildman–Crippen MR) is 111 cm³/mol. The van der Waals surface area contributed by atoms with Gasteiger partial charge in [0.25, 0.3) is 0 Å². The molecule has 1 N–H and O–H groups in total. The topological polar surface area (TPSA) is 66.4 Å². The fraction of sp³-hybridized carbons (Fsp3) is 1.00. The average molecular weight is 405 g/mol. The summed E-state index contributed by atoms with van der Waals surface area (Å²) in [5.74, 6) is 0. The zero-order valence-electron chi connectivity index (χ0n) is 18.6. The fourth-order valence-electron chi connectivity index (χ4n) is 3.13. The maximum atomic E-state index is 10.6. The second-order valence-electron chi connectivity index (χ2n) is 7.56. The number of ether oxygens (including phenoxy) is 5. The lowest BCUT2D eigenvalue weighted by molar-refractivity contribution is -0.312. The zero-order chi connectivity index (χ0) is 20.6. The number of hydrogen-bond donors (Lipinski definition) is 1. The number of aliphatic hydroxyl groups is 1. The molecule has 1 heterocycles. The molecular formula is C22H44O6. The van der Waals surface area contributed by atoms with Gasteiger partial charge in [0.2, 0.25) is 0 Å². The van der Waals surface area contributed by atoms with Gasteiger partial charge in [-0.1, -0.05) is 53.4 Å². The van der Waals surface area contributed by atoms with E-state index in [4.69, 9.17) is 23.7 Å². The van der Waals surface area contributed by atoms with Crippen molar-refractivity contribution >= 4 is 0 Å². The molecule has 0 aromatic heterocycles. The van der Waals surface area contributed by atoms with Crippen LogP contribution in [0.3, 0.4) is 0 Å². The van der Waals surface area contributed by atoms with Crippen LogP contribution in [0, 0.1) is 0 Å². The predicted octanol–water partition coefficient (Wildman–Crippen LogP) is 4.08. The summed E-state index contributed by atoms with van der Waals surface area (Å²) in [6.07, 6.45) is 5.53. The Morgan fingerprint density at radius 3 is 1.64 bits per heavy atom. The standard InChI is InChI=1S/C22H44O6/c1-5-9-13-24-17-18-19(25-14-10-6-2)20(26-15-11-7-3)21(22(23)28-18)27-16-12-8-4/h18-23H,5-17H2,1-4H3/t18-,19-,20-,21-,22?/m1/s1. The fourth-order valence-corrected chi connectivity index (χ4v) is 3.13.